The summed E-state index contributed by atoms with van der Waals surface area (Å²) in [6.45, 7) is 10.5. The number of carboxylic acids is 3. The van der Waals surface area contributed by atoms with E-state index in [-0.39, 0.29) is 13.1 Å². The van der Waals surface area contributed by atoms with E-state index in [9.17, 15) is 29.7 Å². The number of nitrogens with zero attached hydrogens (tertiary/aromatic N) is 4. The monoisotopic (exact) mass is 754 g/mol. The standard InChI is InChI=1S/C44H58N4O7/c1-33-28-38(30-48-20-9-7-16-40(48)44(53)54)41(29-37(33)18-17-35-14-11-15-39(34(35)2)36-12-5-3-6-13-36)55-27-10-4-8-19-45-21-23-46(31-42(49)50)25-26-47(24-22-45)32-43(51)52/h3,5-6,11-15,17-18,28-29,40H,4,7-10,16,19-27,30-32H2,1-2H3,(H,49,50)(H,51,52)(H,53,54)/b18-17+/t40-/m0/s1. The average Bonchev–Trinajstić information content (AvgIpc) is 3.24. The molecule has 3 aromatic carbocycles. The maximum Gasteiger partial charge on any atom is 0.320 e. The van der Waals surface area contributed by atoms with E-state index in [1.54, 1.807) is 0 Å². The molecule has 0 saturated carbocycles. The predicted molar refractivity (Wildman–Crippen MR) is 216 cm³/mol. The second-order valence-corrected chi connectivity index (χ2v) is 14.9. The van der Waals surface area contributed by atoms with Gasteiger partial charge in [-0.1, -0.05) is 73.2 Å². The summed E-state index contributed by atoms with van der Waals surface area (Å²) in [6.07, 6.45) is 9.57. The molecule has 0 amide bonds. The molecule has 0 radical (unpaired) electrons. The van der Waals surface area contributed by atoms with E-state index in [1.807, 2.05) is 15.9 Å². The number of aryl methyl sites for hydroxylation is 1. The first-order valence-corrected chi connectivity index (χ1v) is 19.7. The van der Waals surface area contributed by atoms with Crippen molar-refractivity contribution in [3.8, 4) is 16.9 Å². The summed E-state index contributed by atoms with van der Waals surface area (Å²) >= 11 is 0. The van der Waals surface area contributed by atoms with Crippen LogP contribution in [0.5, 0.6) is 5.75 Å². The Hall–Kier alpha value is -4.55. The second-order valence-electron chi connectivity index (χ2n) is 14.9. The van der Waals surface area contributed by atoms with Crippen LogP contribution < -0.4 is 4.74 Å². The van der Waals surface area contributed by atoms with Crippen LogP contribution in [0.1, 0.15) is 66.3 Å². The maximum atomic E-state index is 12.1. The van der Waals surface area contributed by atoms with E-state index in [0.717, 1.165) is 86.3 Å². The van der Waals surface area contributed by atoms with Crippen LogP contribution in [-0.4, -0.2) is 131 Å². The van der Waals surface area contributed by atoms with Crippen LogP contribution in [0.4, 0.5) is 0 Å². The minimum absolute atomic E-state index is 0.0552. The van der Waals surface area contributed by atoms with Crippen LogP contribution in [0.3, 0.4) is 0 Å². The fraction of sp³-hybridized carbons (Fsp3) is 0.477. The number of carbonyl (C=O) groups is 3. The van der Waals surface area contributed by atoms with Gasteiger partial charge in [-0.15, -0.1) is 0 Å². The van der Waals surface area contributed by atoms with Crippen LogP contribution in [0.2, 0.25) is 0 Å². The van der Waals surface area contributed by atoms with Crippen LogP contribution in [0.15, 0.2) is 60.7 Å². The largest absolute Gasteiger partial charge is 0.493 e. The first kappa shape index (κ1) is 41.6. The van der Waals surface area contributed by atoms with Gasteiger partial charge in [-0.05, 0) is 98.5 Å². The van der Waals surface area contributed by atoms with Gasteiger partial charge in [-0.3, -0.25) is 29.1 Å². The minimum atomic E-state index is -0.878. The van der Waals surface area contributed by atoms with Gasteiger partial charge in [0.05, 0.1) is 19.7 Å². The molecule has 1 atom stereocenters. The topological polar surface area (TPSA) is 134 Å². The molecule has 55 heavy (non-hydrogen) atoms. The number of likely N-dealkylation sites (tertiary alicyclic amines) is 1. The Balaban J connectivity index is 1.25. The number of benzene rings is 3. The lowest BCUT2D eigenvalue weighted by atomic mass is 9.95. The number of unbranched alkanes of at least 4 members (excludes halogenated alkanes) is 2. The van der Waals surface area contributed by atoms with Gasteiger partial charge >= 0.3 is 17.9 Å². The van der Waals surface area contributed by atoms with Crippen molar-refractivity contribution in [2.45, 2.75) is 65.0 Å². The Labute approximate surface area is 325 Å². The van der Waals surface area contributed by atoms with Crippen molar-refractivity contribution in [2.24, 2.45) is 0 Å². The van der Waals surface area contributed by atoms with Gasteiger partial charge in [0, 0.05) is 51.4 Å². The van der Waals surface area contributed by atoms with Crippen LogP contribution in [-0.2, 0) is 20.9 Å². The minimum Gasteiger partial charge on any atom is -0.493 e. The van der Waals surface area contributed by atoms with Crippen LogP contribution in [0.25, 0.3) is 23.3 Å². The second kappa shape index (κ2) is 20.9. The Bertz CT molecular complexity index is 1740. The Morgan fingerprint density at radius 1 is 0.727 bits per heavy atom. The molecule has 0 unspecified atom stereocenters. The summed E-state index contributed by atoms with van der Waals surface area (Å²) in [7, 11) is 0. The van der Waals surface area contributed by atoms with E-state index < -0.39 is 23.9 Å². The highest BCUT2D eigenvalue weighted by molar-refractivity contribution is 5.78. The van der Waals surface area contributed by atoms with Crippen molar-refractivity contribution < 1.29 is 34.4 Å². The van der Waals surface area contributed by atoms with Crippen molar-refractivity contribution in [3.63, 3.8) is 0 Å². The third-order valence-electron chi connectivity index (χ3n) is 10.9. The van der Waals surface area contributed by atoms with Gasteiger partial charge in [0.1, 0.15) is 11.8 Å². The fourth-order valence-corrected chi connectivity index (χ4v) is 7.73. The summed E-state index contributed by atoms with van der Waals surface area (Å²) in [6, 6.07) is 20.5. The van der Waals surface area contributed by atoms with Gasteiger partial charge < -0.3 is 25.0 Å². The number of aliphatic carboxylic acids is 3. The molecule has 11 heteroatoms. The average molecular weight is 755 g/mol. The molecule has 3 aromatic rings. The molecule has 5 rings (SSSR count). The highest BCUT2D eigenvalue weighted by Crippen LogP contribution is 2.31. The van der Waals surface area contributed by atoms with Gasteiger partial charge in [0.2, 0.25) is 0 Å². The highest BCUT2D eigenvalue weighted by atomic mass is 16.5. The van der Waals surface area contributed by atoms with Gasteiger partial charge in [0.25, 0.3) is 0 Å². The van der Waals surface area contributed by atoms with Crippen LogP contribution >= 0.6 is 0 Å². The van der Waals surface area contributed by atoms with Gasteiger partial charge in [-0.2, -0.15) is 0 Å². The molecule has 2 heterocycles. The first-order valence-electron chi connectivity index (χ1n) is 19.7. The Morgan fingerprint density at radius 2 is 1.38 bits per heavy atom. The molecule has 2 aliphatic heterocycles. The molecular weight excluding hydrogens is 697 g/mol. The number of ether oxygens (including phenoxy) is 1. The lowest BCUT2D eigenvalue weighted by Crippen LogP contribution is -2.44. The van der Waals surface area contributed by atoms with Crippen molar-refractivity contribution in [3.05, 3.63) is 88.5 Å². The summed E-state index contributed by atoms with van der Waals surface area (Å²) in [5.74, 6) is -1.74. The maximum absolute atomic E-state index is 12.1. The smallest absolute Gasteiger partial charge is 0.320 e. The summed E-state index contributed by atoms with van der Waals surface area (Å²) in [5, 5.41) is 28.7. The number of hydrogen-bond acceptors (Lipinski definition) is 8. The fourth-order valence-electron chi connectivity index (χ4n) is 7.73. The SMILES string of the molecule is Cc1cc(CN2CCCC[C@H]2C(=O)O)c(OCCCCCN2CCN(CC(=O)O)CCN(CC(=O)O)CC2)cc1/C=C/c1cccc(-c2ccccc2)c1C. The number of rotatable bonds is 17. The molecule has 2 fully saturated rings. The zero-order valence-corrected chi connectivity index (χ0v) is 32.5. The molecule has 0 aliphatic carbocycles. The summed E-state index contributed by atoms with van der Waals surface area (Å²) in [4.78, 5) is 43.1. The van der Waals surface area contributed by atoms with Gasteiger partial charge in [0.15, 0.2) is 0 Å². The van der Waals surface area contributed by atoms with Crippen molar-refractivity contribution in [1.29, 1.82) is 0 Å². The van der Waals surface area contributed by atoms with Crippen molar-refractivity contribution >= 4 is 30.1 Å². The van der Waals surface area contributed by atoms with E-state index in [4.69, 9.17) is 4.74 Å². The molecular formula is C44H58N4O7. The van der Waals surface area contributed by atoms with Gasteiger partial charge in [-0.25, -0.2) is 0 Å². The Kier molecular flexibility index (Phi) is 15.8. The number of hydrogen-bond donors (Lipinski definition) is 3. The molecule has 11 nitrogen and oxygen atoms in total. The molecule has 2 saturated heterocycles. The number of carboxylic acid groups (broad SMARTS) is 3. The van der Waals surface area contributed by atoms with E-state index in [0.29, 0.717) is 45.8 Å². The normalized spacial score (nSPS) is 18.1. The van der Waals surface area contributed by atoms with E-state index >= 15 is 0 Å². The third-order valence-corrected chi connectivity index (χ3v) is 10.9. The van der Waals surface area contributed by atoms with E-state index in [1.165, 1.54) is 16.7 Å². The molecule has 0 aromatic heterocycles. The predicted octanol–water partition coefficient (Wildman–Crippen LogP) is 6.22. The molecule has 3 N–H and O–H groups in total. The summed E-state index contributed by atoms with van der Waals surface area (Å²) in [5.41, 5.74) is 7.90. The lowest BCUT2D eigenvalue weighted by molar-refractivity contribution is -0.145. The summed E-state index contributed by atoms with van der Waals surface area (Å²) < 4.78 is 6.52. The molecule has 296 valence electrons. The zero-order chi connectivity index (χ0) is 39.2. The van der Waals surface area contributed by atoms with Crippen LogP contribution in [0, 0.1) is 13.8 Å². The molecule has 2 aliphatic rings. The quantitative estimate of drug-likeness (QED) is 0.107. The first-order chi connectivity index (χ1) is 26.6. The van der Waals surface area contributed by atoms with E-state index in [2.05, 4.69) is 90.4 Å². The van der Waals surface area contributed by atoms with Crippen molar-refractivity contribution in [1.82, 2.24) is 19.6 Å². The Morgan fingerprint density at radius 3 is 2.04 bits per heavy atom. The third kappa shape index (κ3) is 12.7. The van der Waals surface area contributed by atoms with Crippen molar-refractivity contribution in [2.75, 3.05) is 72.1 Å². The zero-order valence-electron chi connectivity index (χ0n) is 32.5. The molecule has 0 bridgehead atoms. The number of piperidine rings is 1. The highest BCUT2D eigenvalue weighted by Gasteiger charge is 2.29. The lowest BCUT2D eigenvalue weighted by Gasteiger charge is -2.33. The molecule has 0 spiro atoms.